The first-order chi connectivity index (χ1) is 9.88. The molecule has 0 aliphatic heterocycles. The first-order valence-corrected chi connectivity index (χ1v) is 8.31. The minimum Gasteiger partial charge on any atom is -0.376 e. The van der Waals surface area contributed by atoms with Crippen molar-refractivity contribution in [3.63, 3.8) is 0 Å². The molecule has 0 saturated heterocycles. The molecule has 0 radical (unpaired) electrons. The third-order valence-corrected chi connectivity index (χ3v) is 4.88. The van der Waals surface area contributed by atoms with Crippen LogP contribution in [0.2, 0.25) is 0 Å². The van der Waals surface area contributed by atoms with Crippen LogP contribution in [-0.4, -0.2) is 19.3 Å². The maximum absolute atomic E-state index is 6.24. The summed E-state index contributed by atoms with van der Waals surface area (Å²) in [5.41, 5.74) is 2.92. The Hall–Kier alpha value is -0.860. The molecule has 2 aliphatic carbocycles. The van der Waals surface area contributed by atoms with Gasteiger partial charge >= 0.3 is 0 Å². The van der Waals surface area contributed by atoms with E-state index >= 15 is 0 Å². The summed E-state index contributed by atoms with van der Waals surface area (Å²) < 4.78 is 6.24. The zero-order chi connectivity index (χ0) is 13.8. The number of ether oxygens (including phenoxy) is 1. The Bertz CT molecular complexity index is 427. The Labute approximate surface area is 122 Å². The summed E-state index contributed by atoms with van der Waals surface area (Å²) in [6.07, 6.45) is 8.11. The summed E-state index contributed by atoms with van der Waals surface area (Å²) in [7, 11) is 0. The van der Waals surface area contributed by atoms with Crippen molar-refractivity contribution < 1.29 is 4.74 Å². The summed E-state index contributed by atoms with van der Waals surface area (Å²) in [6, 6.07) is 9.21. The van der Waals surface area contributed by atoms with Crippen LogP contribution in [-0.2, 0) is 11.2 Å². The van der Waals surface area contributed by atoms with E-state index in [2.05, 4.69) is 36.5 Å². The summed E-state index contributed by atoms with van der Waals surface area (Å²) in [4.78, 5) is 0. The van der Waals surface area contributed by atoms with Crippen LogP contribution in [0.3, 0.4) is 0 Å². The first kappa shape index (κ1) is 14.1. The van der Waals surface area contributed by atoms with Crippen molar-refractivity contribution in [1.82, 2.24) is 5.32 Å². The van der Waals surface area contributed by atoms with Gasteiger partial charge in [-0.15, -0.1) is 0 Å². The zero-order valence-corrected chi connectivity index (χ0v) is 12.6. The SMILES string of the molecule is CCCNC1c2ccccc2CC1OCCC1CCC1. The van der Waals surface area contributed by atoms with Crippen molar-refractivity contribution in [2.24, 2.45) is 5.92 Å². The molecule has 1 fully saturated rings. The lowest BCUT2D eigenvalue weighted by Crippen LogP contribution is -2.32. The van der Waals surface area contributed by atoms with E-state index in [0.717, 1.165) is 25.5 Å². The van der Waals surface area contributed by atoms with Gasteiger partial charge in [-0.05, 0) is 36.4 Å². The molecule has 2 unspecified atom stereocenters. The number of benzene rings is 1. The fourth-order valence-electron chi connectivity index (χ4n) is 3.42. The number of nitrogens with one attached hydrogen (secondary N) is 1. The van der Waals surface area contributed by atoms with Crippen molar-refractivity contribution in [1.29, 1.82) is 0 Å². The number of hydrogen-bond acceptors (Lipinski definition) is 2. The monoisotopic (exact) mass is 273 g/mol. The van der Waals surface area contributed by atoms with Crippen LogP contribution in [0.25, 0.3) is 0 Å². The molecule has 0 spiro atoms. The Kier molecular flexibility index (Phi) is 4.74. The van der Waals surface area contributed by atoms with E-state index in [1.165, 1.54) is 43.2 Å². The van der Waals surface area contributed by atoms with Gasteiger partial charge in [-0.3, -0.25) is 0 Å². The molecule has 1 aromatic rings. The molecule has 0 amide bonds. The highest BCUT2D eigenvalue weighted by atomic mass is 16.5. The number of fused-ring (bicyclic) bond motifs is 1. The molecule has 0 aromatic heterocycles. The lowest BCUT2D eigenvalue weighted by atomic mass is 9.83. The predicted octanol–water partition coefficient (Wildman–Crippen LogP) is 3.86. The van der Waals surface area contributed by atoms with Gasteiger partial charge in [0.25, 0.3) is 0 Å². The van der Waals surface area contributed by atoms with E-state index in [1.807, 2.05) is 0 Å². The fourth-order valence-corrected chi connectivity index (χ4v) is 3.42. The quantitative estimate of drug-likeness (QED) is 0.814. The zero-order valence-electron chi connectivity index (χ0n) is 12.6. The van der Waals surface area contributed by atoms with Crippen molar-refractivity contribution in [3.05, 3.63) is 35.4 Å². The maximum atomic E-state index is 6.24. The molecule has 20 heavy (non-hydrogen) atoms. The molecule has 2 aliphatic rings. The third-order valence-electron chi connectivity index (χ3n) is 4.88. The fraction of sp³-hybridized carbons (Fsp3) is 0.667. The van der Waals surface area contributed by atoms with Gasteiger partial charge in [0.05, 0.1) is 12.1 Å². The van der Waals surface area contributed by atoms with Gasteiger partial charge < -0.3 is 10.1 Å². The Morgan fingerprint density at radius 1 is 1.25 bits per heavy atom. The van der Waals surface area contributed by atoms with E-state index in [4.69, 9.17) is 4.74 Å². The molecule has 1 N–H and O–H groups in total. The second-order valence-corrected chi connectivity index (χ2v) is 6.33. The molecule has 1 aromatic carbocycles. The summed E-state index contributed by atoms with van der Waals surface area (Å²) in [6.45, 7) is 4.23. The summed E-state index contributed by atoms with van der Waals surface area (Å²) in [5, 5.41) is 3.68. The number of hydrogen-bond donors (Lipinski definition) is 1. The standard InChI is InChI=1S/C18H27NO/c1-2-11-19-18-16-9-4-3-8-15(16)13-17(18)20-12-10-14-6-5-7-14/h3-4,8-9,14,17-19H,2,5-7,10-13H2,1H3. The Morgan fingerprint density at radius 3 is 2.85 bits per heavy atom. The third kappa shape index (κ3) is 3.07. The van der Waals surface area contributed by atoms with Gasteiger partial charge in [0.2, 0.25) is 0 Å². The predicted molar refractivity (Wildman–Crippen MR) is 82.9 cm³/mol. The second kappa shape index (κ2) is 6.73. The maximum Gasteiger partial charge on any atom is 0.0810 e. The van der Waals surface area contributed by atoms with Crippen LogP contribution in [0.1, 0.15) is 56.2 Å². The molecule has 2 atom stereocenters. The normalized spacial score (nSPS) is 25.4. The minimum absolute atomic E-state index is 0.332. The molecule has 0 heterocycles. The molecular weight excluding hydrogens is 246 g/mol. The van der Waals surface area contributed by atoms with E-state index in [-0.39, 0.29) is 0 Å². The Morgan fingerprint density at radius 2 is 2.10 bits per heavy atom. The van der Waals surface area contributed by atoms with Gasteiger partial charge in [0, 0.05) is 13.0 Å². The van der Waals surface area contributed by atoms with Crippen molar-refractivity contribution in [3.8, 4) is 0 Å². The molecule has 110 valence electrons. The van der Waals surface area contributed by atoms with Crippen LogP contribution in [0.15, 0.2) is 24.3 Å². The average molecular weight is 273 g/mol. The van der Waals surface area contributed by atoms with Crippen molar-refractivity contribution in [2.75, 3.05) is 13.2 Å². The number of rotatable bonds is 7. The lowest BCUT2D eigenvalue weighted by Gasteiger charge is -2.27. The van der Waals surface area contributed by atoms with Gasteiger partial charge in [-0.25, -0.2) is 0 Å². The van der Waals surface area contributed by atoms with Crippen LogP contribution >= 0.6 is 0 Å². The van der Waals surface area contributed by atoms with Gasteiger partial charge in [-0.1, -0.05) is 50.5 Å². The molecule has 0 bridgehead atoms. The highest BCUT2D eigenvalue weighted by Crippen LogP contribution is 2.34. The van der Waals surface area contributed by atoms with E-state index in [1.54, 1.807) is 0 Å². The molecular formula is C18H27NO. The van der Waals surface area contributed by atoms with Gasteiger partial charge in [0.15, 0.2) is 0 Å². The topological polar surface area (TPSA) is 21.3 Å². The first-order valence-electron chi connectivity index (χ1n) is 8.31. The van der Waals surface area contributed by atoms with Crippen LogP contribution in [0.5, 0.6) is 0 Å². The van der Waals surface area contributed by atoms with Crippen LogP contribution in [0, 0.1) is 5.92 Å². The summed E-state index contributed by atoms with van der Waals surface area (Å²) in [5.74, 6) is 0.945. The summed E-state index contributed by atoms with van der Waals surface area (Å²) >= 11 is 0. The molecule has 3 rings (SSSR count). The minimum atomic E-state index is 0.332. The molecule has 2 heteroatoms. The highest BCUT2D eigenvalue weighted by molar-refractivity contribution is 5.36. The smallest absolute Gasteiger partial charge is 0.0810 e. The van der Waals surface area contributed by atoms with Gasteiger partial charge in [-0.2, -0.15) is 0 Å². The van der Waals surface area contributed by atoms with E-state index in [0.29, 0.717) is 12.1 Å². The average Bonchev–Trinajstić information content (AvgIpc) is 2.77. The second-order valence-electron chi connectivity index (χ2n) is 6.33. The van der Waals surface area contributed by atoms with Crippen LogP contribution in [0.4, 0.5) is 0 Å². The van der Waals surface area contributed by atoms with Crippen LogP contribution < -0.4 is 5.32 Å². The van der Waals surface area contributed by atoms with Crippen molar-refractivity contribution in [2.45, 2.75) is 57.6 Å². The van der Waals surface area contributed by atoms with Crippen molar-refractivity contribution >= 4 is 0 Å². The van der Waals surface area contributed by atoms with Gasteiger partial charge in [0.1, 0.15) is 0 Å². The van der Waals surface area contributed by atoms with E-state index in [9.17, 15) is 0 Å². The Balaban J connectivity index is 1.57. The largest absolute Gasteiger partial charge is 0.376 e. The molecule has 2 nitrogen and oxygen atoms in total. The molecule has 1 saturated carbocycles. The highest BCUT2D eigenvalue weighted by Gasteiger charge is 2.32. The lowest BCUT2D eigenvalue weighted by molar-refractivity contribution is 0.0218. The van der Waals surface area contributed by atoms with E-state index < -0.39 is 0 Å².